The van der Waals surface area contributed by atoms with Gasteiger partial charge in [-0.25, -0.2) is 14.8 Å². The molecule has 1 saturated heterocycles. The van der Waals surface area contributed by atoms with Crippen LogP contribution in [0.2, 0.25) is 0 Å². The van der Waals surface area contributed by atoms with E-state index in [2.05, 4.69) is 9.97 Å². The molecule has 1 aliphatic heterocycles. The zero-order valence-electron chi connectivity index (χ0n) is 10.0. The number of carboxylic acids is 1. The first-order valence-corrected chi connectivity index (χ1v) is 6.18. The molecular formula is C12H15N3O3. The maximum Gasteiger partial charge on any atom is 0.334 e. The second-order valence-corrected chi connectivity index (χ2v) is 4.62. The van der Waals surface area contributed by atoms with E-state index in [1.54, 1.807) is 6.33 Å². The van der Waals surface area contributed by atoms with Crippen LogP contribution in [0.4, 0.5) is 5.82 Å². The lowest BCUT2D eigenvalue weighted by Gasteiger charge is -2.32. The number of hydrogen-bond donors (Lipinski definition) is 1. The molecule has 2 aliphatic rings. The fourth-order valence-corrected chi connectivity index (χ4v) is 2.61. The zero-order valence-corrected chi connectivity index (χ0v) is 10.0. The monoisotopic (exact) mass is 249 g/mol. The van der Waals surface area contributed by atoms with Gasteiger partial charge in [-0.2, -0.15) is 0 Å². The minimum absolute atomic E-state index is 0.360. The Morgan fingerprint density at radius 3 is 3.17 bits per heavy atom. The van der Waals surface area contributed by atoms with E-state index in [1.165, 1.54) is 5.56 Å². The topological polar surface area (TPSA) is 75.5 Å². The Morgan fingerprint density at radius 1 is 1.44 bits per heavy atom. The Kier molecular flexibility index (Phi) is 2.87. The average molecular weight is 249 g/mol. The molecule has 6 nitrogen and oxygen atoms in total. The second-order valence-electron chi connectivity index (χ2n) is 4.62. The number of carboxylic acid groups (broad SMARTS) is 1. The quantitative estimate of drug-likeness (QED) is 0.810. The fourth-order valence-electron chi connectivity index (χ4n) is 2.61. The molecule has 0 saturated carbocycles. The number of hydrogen-bond acceptors (Lipinski definition) is 5. The summed E-state index contributed by atoms with van der Waals surface area (Å²) in [5.74, 6) is -0.0162. The van der Waals surface area contributed by atoms with Crippen LogP contribution in [-0.4, -0.2) is 46.8 Å². The number of rotatable bonds is 2. The summed E-state index contributed by atoms with van der Waals surface area (Å²) >= 11 is 0. The highest BCUT2D eigenvalue weighted by Crippen LogP contribution is 2.28. The van der Waals surface area contributed by atoms with Gasteiger partial charge in [-0.15, -0.1) is 0 Å². The zero-order chi connectivity index (χ0) is 12.5. The predicted molar refractivity (Wildman–Crippen MR) is 63.6 cm³/mol. The van der Waals surface area contributed by atoms with Gasteiger partial charge in [-0.3, -0.25) is 0 Å². The van der Waals surface area contributed by atoms with Gasteiger partial charge in [-0.05, 0) is 19.3 Å². The molecule has 1 fully saturated rings. The Balaban J connectivity index is 1.86. The number of aryl methyl sites for hydroxylation is 1. The molecule has 2 heterocycles. The highest BCUT2D eigenvalue weighted by atomic mass is 16.5. The Bertz CT molecular complexity index is 478. The molecule has 1 N–H and O–H groups in total. The maximum atomic E-state index is 11.0. The summed E-state index contributed by atoms with van der Waals surface area (Å²) in [4.78, 5) is 21.6. The summed E-state index contributed by atoms with van der Waals surface area (Å²) in [5.41, 5.74) is 2.29. The van der Waals surface area contributed by atoms with Crippen LogP contribution in [0.3, 0.4) is 0 Å². The molecule has 0 aromatic carbocycles. The number of aliphatic carboxylic acids is 1. The lowest BCUT2D eigenvalue weighted by atomic mass is 10.2. The van der Waals surface area contributed by atoms with Gasteiger partial charge >= 0.3 is 5.97 Å². The maximum absolute atomic E-state index is 11.0. The molecule has 1 aliphatic carbocycles. The van der Waals surface area contributed by atoms with Crippen LogP contribution in [0, 0.1) is 0 Å². The Hall–Kier alpha value is -1.69. The summed E-state index contributed by atoms with van der Waals surface area (Å²) in [6.45, 7) is 1.47. The molecule has 0 amide bonds. The molecule has 96 valence electrons. The van der Waals surface area contributed by atoms with Crippen LogP contribution in [0.1, 0.15) is 17.7 Å². The number of ether oxygens (including phenoxy) is 1. The van der Waals surface area contributed by atoms with Gasteiger partial charge < -0.3 is 14.7 Å². The highest BCUT2D eigenvalue weighted by molar-refractivity contribution is 5.73. The van der Waals surface area contributed by atoms with Gasteiger partial charge in [-0.1, -0.05) is 0 Å². The lowest BCUT2D eigenvalue weighted by molar-refractivity contribution is -0.150. The molecule has 1 aromatic heterocycles. The highest BCUT2D eigenvalue weighted by Gasteiger charge is 2.29. The first kappa shape index (κ1) is 11.4. The predicted octanol–water partition coefficient (Wildman–Crippen LogP) is 0.255. The third-order valence-electron chi connectivity index (χ3n) is 3.49. The third kappa shape index (κ3) is 1.92. The third-order valence-corrected chi connectivity index (χ3v) is 3.49. The van der Waals surface area contributed by atoms with E-state index in [9.17, 15) is 4.79 Å². The van der Waals surface area contributed by atoms with Crippen molar-refractivity contribution in [3.8, 4) is 0 Å². The van der Waals surface area contributed by atoms with E-state index in [0.29, 0.717) is 19.7 Å². The Morgan fingerprint density at radius 2 is 2.33 bits per heavy atom. The van der Waals surface area contributed by atoms with Gasteiger partial charge in [0.2, 0.25) is 0 Å². The van der Waals surface area contributed by atoms with Crippen molar-refractivity contribution in [3.05, 3.63) is 17.6 Å². The van der Waals surface area contributed by atoms with E-state index >= 15 is 0 Å². The van der Waals surface area contributed by atoms with Gasteiger partial charge in [0.05, 0.1) is 13.2 Å². The number of anilines is 1. The largest absolute Gasteiger partial charge is 0.479 e. The standard InChI is InChI=1S/C12H15N3O3/c16-12(17)10-6-15(4-5-18-10)11-8-2-1-3-9(8)13-7-14-11/h7,10H,1-6H2,(H,16,17)/t10-/m0/s1. The average Bonchev–Trinajstić information content (AvgIpc) is 2.87. The first-order valence-electron chi connectivity index (χ1n) is 6.18. The summed E-state index contributed by atoms with van der Waals surface area (Å²) in [6.07, 6.45) is 3.90. The van der Waals surface area contributed by atoms with E-state index in [1.807, 2.05) is 4.90 Å². The van der Waals surface area contributed by atoms with Crippen molar-refractivity contribution in [1.82, 2.24) is 9.97 Å². The van der Waals surface area contributed by atoms with Crippen LogP contribution in [0.25, 0.3) is 0 Å². The molecule has 1 aromatic rings. The fraction of sp³-hybridized carbons (Fsp3) is 0.583. The molecule has 0 unspecified atom stereocenters. The smallest absolute Gasteiger partial charge is 0.334 e. The van der Waals surface area contributed by atoms with Crippen molar-refractivity contribution in [1.29, 1.82) is 0 Å². The number of carbonyl (C=O) groups is 1. The number of aromatic nitrogens is 2. The first-order chi connectivity index (χ1) is 8.75. The van der Waals surface area contributed by atoms with Crippen molar-refractivity contribution in [2.45, 2.75) is 25.4 Å². The molecule has 3 rings (SSSR count). The number of nitrogens with zero attached hydrogens (tertiary/aromatic N) is 3. The normalized spacial score (nSPS) is 22.9. The van der Waals surface area contributed by atoms with E-state index in [4.69, 9.17) is 9.84 Å². The van der Waals surface area contributed by atoms with Crippen LogP contribution in [0.5, 0.6) is 0 Å². The SMILES string of the molecule is O=C(O)[C@@H]1CN(c2ncnc3c2CCC3)CCO1. The second kappa shape index (κ2) is 4.53. The molecular weight excluding hydrogens is 234 g/mol. The minimum atomic E-state index is -0.912. The van der Waals surface area contributed by atoms with E-state index in [-0.39, 0.29) is 0 Å². The van der Waals surface area contributed by atoms with Gasteiger partial charge in [0, 0.05) is 17.8 Å². The van der Waals surface area contributed by atoms with Crippen molar-refractivity contribution in [2.75, 3.05) is 24.6 Å². The van der Waals surface area contributed by atoms with Crippen molar-refractivity contribution in [2.24, 2.45) is 0 Å². The molecule has 0 bridgehead atoms. The van der Waals surface area contributed by atoms with Crippen LogP contribution in [-0.2, 0) is 22.4 Å². The van der Waals surface area contributed by atoms with Gasteiger partial charge in [0.25, 0.3) is 0 Å². The minimum Gasteiger partial charge on any atom is -0.479 e. The van der Waals surface area contributed by atoms with Crippen molar-refractivity contribution >= 4 is 11.8 Å². The van der Waals surface area contributed by atoms with Crippen molar-refractivity contribution < 1.29 is 14.6 Å². The van der Waals surface area contributed by atoms with Gasteiger partial charge in [0.15, 0.2) is 6.10 Å². The summed E-state index contributed by atoms with van der Waals surface area (Å²) in [5, 5.41) is 9.01. The molecule has 1 atom stereocenters. The summed E-state index contributed by atoms with van der Waals surface area (Å²) in [7, 11) is 0. The molecule has 0 radical (unpaired) electrons. The lowest BCUT2D eigenvalue weighted by Crippen LogP contribution is -2.46. The Labute approximate surface area is 105 Å². The molecule has 6 heteroatoms. The number of fused-ring (bicyclic) bond motifs is 1. The molecule has 18 heavy (non-hydrogen) atoms. The van der Waals surface area contributed by atoms with Crippen LogP contribution >= 0.6 is 0 Å². The summed E-state index contributed by atoms with van der Waals surface area (Å²) < 4.78 is 5.23. The number of morpholine rings is 1. The summed E-state index contributed by atoms with van der Waals surface area (Å²) in [6, 6.07) is 0. The van der Waals surface area contributed by atoms with E-state index < -0.39 is 12.1 Å². The van der Waals surface area contributed by atoms with Crippen molar-refractivity contribution in [3.63, 3.8) is 0 Å². The van der Waals surface area contributed by atoms with E-state index in [0.717, 1.165) is 30.8 Å². The van der Waals surface area contributed by atoms with Crippen LogP contribution < -0.4 is 4.90 Å². The molecule has 0 spiro atoms. The van der Waals surface area contributed by atoms with Gasteiger partial charge in [0.1, 0.15) is 12.1 Å². The van der Waals surface area contributed by atoms with Crippen LogP contribution in [0.15, 0.2) is 6.33 Å².